The highest BCUT2D eigenvalue weighted by atomic mass is 16.4. The number of amides is 3. The molecule has 17 N–H and O–H groups in total. The number of nitrogens with one attached hydrogen (secondary N) is 3. The maximum absolute atomic E-state index is 14.8. The van der Waals surface area contributed by atoms with E-state index in [1.807, 2.05) is 24.3 Å². The van der Waals surface area contributed by atoms with E-state index < -0.39 is 103 Å². The van der Waals surface area contributed by atoms with Gasteiger partial charge in [0.25, 0.3) is 11.8 Å². The van der Waals surface area contributed by atoms with Crippen LogP contribution in [0.5, 0.6) is 0 Å². The molecule has 4 bridgehead atoms. The molecule has 0 spiro atoms. The number of H-pyrrole nitrogens is 1. The van der Waals surface area contributed by atoms with E-state index in [2.05, 4.69) is 20.6 Å². The van der Waals surface area contributed by atoms with Gasteiger partial charge in [0.05, 0.1) is 67.7 Å². The number of carbonyl (C=O) groups excluding carboxylic acids is 5. The van der Waals surface area contributed by atoms with E-state index >= 15 is 0 Å². The summed E-state index contributed by atoms with van der Waals surface area (Å²) >= 11 is 0. The first-order chi connectivity index (χ1) is 37.1. The average Bonchev–Trinajstić information content (AvgIpc) is 3.93. The van der Waals surface area contributed by atoms with Crippen molar-refractivity contribution in [2.75, 3.05) is 58.8 Å². The van der Waals surface area contributed by atoms with Crippen molar-refractivity contribution >= 4 is 46.4 Å². The van der Waals surface area contributed by atoms with Gasteiger partial charge in [0.15, 0.2) is 0 Å². The number of carbonyl (C=O) groups is 5. The Morgan fingerprint density at radius 3 is 1.73 bits per heavy atom. The lowest BCUT2D eigenvalue weighted by molar-refractivity contribution is -0.635. The van der Waals surface area contributed by atoms with Crippen molar-refractivity contribution in [2.45, 2.75) is 113 Å². The van der Waals surface area contributed by atoms with Crippen LogP contribution in [0.4, 0.5) is 5.69 Å². The largest absolute Gasteiger partial charge is 0.545 e. The fraction of sp³-hybridized carbons (Fsp3) is 0.556. The monoisotopic (exact) mass is 1090 g/mol. The second-order valence-corrected chi connectivity index (χ2v) is 21.3. The molecule has 4 aliphatic carbocycles. The lowest BCUT2D eigenvalue weighted by Crippen LogP contribution is -2.83. The molecule has 78 heavy (non-hydrogen) atoms. The van der Waals surface area contributed by atoms with Crippen molar-refractivity contribution in [1.82, 2.24) is 20.2 Å². The molecule has 3 aromatic carbocycles. The van der Waals surface area contributed by atoms with Crippen LogP contribution in [-0.2, 0) is 17.6 Å². The Morgan fingerprint density at radius 1 is 0.718 bits per heavy atom. The predicted molar refractivity (Wildman–Crippen MR) is 274 cm³/mol. The number of aromatic carboxylic acids is 2. The Hall–Kier alpha value is -6.00. The van der Waals surface area contributed by atoms with Gasteiger partial charge in [-0.3, -0.25) is 14.4 Å². The van der Waals surface area contributed by atoms with Crippen molar-refractivity contribution < 1.29 is 95.9 Å². The standard InChI is InChI=1S/C40H41N5O7.2C7H17NO5/c46-35(41-20-40-17-22-8-23(18-40)10-24(9-22)19-40)30-15-32-33(43-21-42-32)16-31(30)37(48)45-7-3-6-25-4-1-2-5-26(25)14-34(45)36(47)44-29-12-27(38(49)50)11-28(13-29)39(51)52;2*1-8-2-4(10)6(12)7(13)5(11)3-9/h1-2,4-5,11-13,15-16,21-24,34H,3,6-10,14,17-20H2,(H,41,46)(H,42,43)(H,44,47)(H,49,50)(H,51,52);2*4-13H,2-3H2,1H3/t;2*4-,5+,6+,7+/m.00/s1. The SMILES string of the molecule is C[NH2+]C[C@H](O)[C@@H](O)[C@H](O)[C@H](O)CO.C[NH2+]C[C@H](O)[C@@H](O)[C@H](O)[C@H](O)CO.O=C([O-])c1cc(NC(=O)C2Cc3ccccc3CCCN2C(=O)c2cc3[nH]cnc3cc2C(=O)NCC23CC4CC(CC(C4)C2)C3)cc(C(=O)[O-])c1. The third-order valence-electron chi connectivity index (χ3n) is 15.4. The zero-order valence-electron chi connectivity index (χ0n) is 43.7. The number of carboxylic acid groups (broad SMARTS) is 2. The number of fused-ring (bicyclic) bond motifs is 2. The lowest BCUT2D eigenvalue weighted by atomic mass is 9.49. The van der Waals surface area contributed by atoms with E-state index in [4.69, 9.17) is 30.6 Å². The van der Waals surface area contributed by atoms with Gasteiger partial charge in [0.1, 0.15) is 68.0 Å². The number of aliphatic hydroxyl groups excluding tert-OH is 10. The summed E-state index contributed by atoms with van der Waals surface area (Å²) in [6.07, 6.45) is -1.02. The number of anilines is 1. The van der Waals surface area contributed by atoms with Crippen molar-refractivity contribution in [3.63, 3.8) is 0 Å². The summed E-state index contributed by atoms with van der Waals surface area (Å²) in [5.41, 5.74) is 2.37. The number of hydrogen-bond acceptors (Lipinski definition) is 18. The first kappa shape index (κ1) is 61.2. The quantitative estimate of drug-likeness (QED) is 0.0392. The van der Waals surface area contributed by atoms with Crippen LogP contribution < -0.4 is 31.5 Å². The molecule has 9 rings (SSSR count). The van der Waals surface area contributed by atoms with Gasteiger partial charge in [-0.2, -0.15) is 0 Å². The number of aromatic amines is 1. The van der Waals surface area contributed by atoms with Crippen LogP contribution in [-0.4, -0.2) is 204 Å². The maximum Gasteiger partial charge on any atom is 0.255 e. The number of nitrogens with two attached hydrogens (primary N) is 2. The lowest BCUT2D eigenvalue weighted by Gasteiger charge is -2.56. The zero-order chi connectivity index (χ0) is 57.0. The van der Waals surface area contributed by atoms with Crippen LogP contribution in [0.1, 0.15) is 97.5 Å². The molecule has 1 aliphatic heterocycles. The fourth-order valence-corrected chi connectivity index (χ4v) is 11.8. The molecule has 3 amide bonds. The number of quaternary nitrogens is 2. The minimum absolute atomic E-state index is 0.0786. The number of imidazole rings is 1. The Morgan fingerprint density at radius 2 is 1.23 bits per heavy atom. The Balaban J connectivity index is 0.000000313. The molecule has 4 aromatic rings. The smallest absolute Gasteiger partial charge is 0.255 e. The number of nitrogens with zero attached hydrogens (tertiary/aromatic N) is 2. The number of hydrogen-bond donors (Lipinski definition) is 15. The normalized spacial score (nSPS) is 23.5. The molecule has 4 fully saturated rings. The van der Waals surface area contributed by atoms with Gasteiger partial charge in [0.2, 0.25) is 5.91 Å². The highest BCUT2D eigenvalue weighted by Gasteiger charge is 2.51. The third kappa shape index (κ3) is 15.2. The molecule has 5 aliphatic rings. The molecule has 9 atom stereocenters. The van der Waals surface area contributed by atoms with E-state index in [1.165, 1.54) is 30.5 Å². The summed E-state index contributed by atoms with van der Waals surface area (Å²) in [5, 5.41) is 122. The molecule has 1 unspecified atom stereocenters. The van der Waals surface area contributed by atoms with Gasteiger partial charge in [-0.1, -0.05) is 24.3 Å². The summed E-state index contributed by atoms with van der Waals surface area (Å²) in [6.45, 7) is -0.135. The summed E-state index contributed by atoms with van der Waals surface area (Å²) in [4.78, 5) is 75.3. The zero-order valence-corrected chi connectivity index (χ0v) is 43.7. The van der Waals surface area contributed by atoms with Crippen LogP contribution in [0.3, 0.4) is 0 Å². The molecule has 1 aromatic heterocycles. The van der Waals surface area contributed by atoms with Gasteiger partial charge >= 0.3 is 0 Å². The number of benzene rings is 3. The van der Waals surface area contributed by atoms with Gasteiger partial charge in [-0.05, 0) is 127 Å². The Bertz CT molecular complexity index is 2590. The van der Waals surface area contributed by atoms with E-state index in [0.29, 0.717) is 30.4 Å². The number of aromatic nitrogens is 2. The molecular weight excluding hydrogens is 1020 g/mol. The predicted octanol–water partition coefficient (Wildman–Crippen LogP) is -5.89. The summed E-state index contributed by atoms with van der Waals surface area (Å²) < 4.78 is 0. The van der Waals surface area contributed by atoms with E-state index in [-0.39, 0.29) is 54.2 Å². The molecule has 24 heteroatoms. The Kier molecular flexibility index (Phi) is 21.8. The van der Waals surface area contributed by atoms with Crippen LogP contribution in [0, 0.1) is 23.2 Å². The minimum Gasteiger partial charge on any atom is -0.545 e. The minimum atomic E-state index is -1.63. The summed E-state index contributed by atoms with van der Waals surface area (Å²) in [6, 6.07) is 12.9. The molecule has 428 valence electrons. The maximum atomic E-state index is 14.8. The van der Waals surface area contributed by atoms with Crippen molar-refractivity contribution in [1.29, 1.82) is 0 Å². The van der Waals surface area contributed by atoms with Crippen LogP contribution in [0.15, 0.2) is 60.9 Å². The molecule has 24 nitrogen and oxygen atoms in total. The van der Waals surface area contributed by atoms with Crippen LogP contribution >= 0.6 is 0 Å². The van der Waals surface area contributed by atoms with E-state index in [0.717, 1.165) is 66.3 Å². The highest BCUT2D eigenvalue weighted by molar-refractivity contribution is 6.11. The average molecular weight is 1090 g/mol. The molecule has 0 radical (unpaired) electrons. The van der Waals surface area contributed by atoms with E-state index in [1.54, 1.807) is 36.9 Å². The second-order valence-electron chi connectivity index (χ2n) is 21.3. The number of aryl methyl sites for hydroxylation is 1. The van der Waals surface area contributed by atoms with Gasteiger partial charge in [-0.15, -0.1) is 0 Å². The van der Waals surface area contributed by atoms with Gasteiger partial charge in [-0.25, -0.2) is 4.98 Å². The number of aliphatic hydroxyl groups is 10. The molecule has 4 saturated carbocycles. The number of rotatable bonds is 20. The number of carboxylic acids is 2. The third-order valence-corrected chi connectivity index (χ3v) is 15.4. The fourth-order valence-electron chi connectivity index (χ4n) is 11.8. The first-order valence-electron chi connectivity index (χ1n) is 26.4. The number of likely N-dealkylation sites (N-methyl/N-ethyl adjacent to an activating group) is 2. The summed E-state index contributed by atoms with van der Waals surface area (Å²) in [7, 11) is 3.40. The molecular formula is C54H75N7O17. The van der Waals surface area contributed by atoms with Crippen LogP contribution in [0.25, 0.3) is 11.0 Å². The van der Waals surface area contributed by atoms with Crippen LogP contribution in [0.2, 0.25) is 0 Å². The van der Waals surface area contributed by atoms with Crippen molar-refractivity contribution in [3.05, 3.63) is 94.3 Å². The Labute approximate surface area is 450 Å². The van der Waals surface area contributed by atoms with Crippen molar-refractivity contribution in [2.24, 2.45) is 23.2 Å². The first-order valence-corrected chi connectivity index (χ1v) is 26.4. The summed E-state index contributed by atoms with van der Waals surface area (Å²) in [5.74, 6) is -2.63. The molecule has 0 saturated heterocycles. The van der Waals surface area contributed by atoms with Crippen molar-refractivity contribution in [3.8, 4) is 0 Å². The second kappa shape index (κ2) is 27.7. The highest BCUT2D eigenvalue weighted by Crippen LogP contribution is 2.59. The van der Waals surface area contributed by atoms with Gasteiger partial charge < -0.3 is 102 Å². The van der Waals surface area contributed by atoms with Gasteiger partial charge in [0, 0.05) is 25.2 Å². The molecule has 2 heterocycles. The topological polar surface area (TPSA) is 423 Å². The van der Waals surface area contributed by atoms with E-state index in [9.17, 15) is 54.6 Å².